The molecule has 14 heavy (non-hydrogen) atoms. The molecule has 0 radical (unpaired) electrons. The lowest BCUT2D eigenvalue weighted by molar-refractivity contribution is 0.0668. The summed E-state index contributed by atoms with van der Waals surface area (Å²) in [6.45, 7) is 3.23. The molecular weight excluding hydrogens is 212 g/mol. The highest BCUT2D eigenvalue weighted by molar-refractivity contribution is 8.22. The second-order valence-corrected chi connectivity index (χ2v) is 7.90. The van der Waals surface area contributed by atoms with E-state index in [1.165, 1.54) is 24.8 Å². The van der Waals surface area contributed by atoms with Gasteiger partial charge in [0.25, 0.3) is 0 Å². The van der Waals surface area contributed by atoms with Gasteiger partial charge in [-0.15, -0.1) is 0 Å². The van der Waals surface area contributed by atoms with E-state index in [0.29, 0.717) is 5.73 Å². The van der Waals surface area contributed by atoms with E-state index >= 15 is 0 Å². The highest BCUT2D eigenvalue weighted by Crippen LogP contribution is 2.16. The minimum absolute atomic E-state index is 0.122. The summed E-state index contributed by atoms with van der Waals surface area (Å²) in [5.74, 6) is 1.08. The van der Waals surface area contributed by atoms with Crippen LogP contribution in [-0.2, 0) is 4.74 Å². The average molecular weight is 232 g/mol. The van der Waals surface area contributed by atoms with Gasteiger partial charge in [0.2, 0.25) is 0 Å². The Morgan fingerprint density at radius 1 is 1.64 bits per heavy atom. The average Bonchev–Trinajstić information content (AvgIpc) is 2.20. The molecule has 82 valence electrons. The molecule has 0 amide bonds. The Bertz CT molecular complexity index is 179. The summed E-state index contributed by atoms with van der Waals surface area (Å²) in [5.41, 5.74) is 1.90. The maximum Gasteiger partial charge on any atom is 0.118 e. The van der Waals surface area contributed by atoms with Crippen molar-refractivity contribution in [3.8, 4) is 0 Å². The summed E-state index contributed by atoms with van der Waals surface area (Å²) in [4.78, 5) is 0. The van der Waals surface area contributed by atoms with Crippen LogP contribution in [0.1, 0.15) is 26.2 Å². The molecule has 1 fully saturated rings. The maximum absolute atomic E-state index is 8.69. The van der Waals surface area contributed by atoms with Gasteiger partial charge in [-0.05, 0) is 26.2 Å². The molecule has 0 bridgehead atoms. The quantitative estimate of drug-likeness (QED) is 0.572. The highest BCUT2D eigenvalue weighted by Gasteiger charge is 2.13. The number of aliphatic hydroxyl groups excluding tert-OH is 1. The summed E-state index contributed by atoms with van der Waals surface area (Å²) < 4.78 is 5.69. The maximum atomic E-state index is 8.69. The minimum atomic E-state index is -0.122. The topological polar surface area (TPSA) is 29.5 Å². The van der Waals surface area contributed by atoms with E-state index in [-0.39, 0.29) is 15.3 Å². The van der Waals surface area contributed by atoms with E-state index in [0.717, 1.165) is 12.4 Å². The van der Waals surface area contributed by atoms with Gasteiger partial charge in [0.05, 0.1) is 12.3 Å². The van der Waals surface area contributed by atoms with Crippen molar-refractivity contribution in [3.63, 3.8) is 0 Å². The Kier molecular flexibility index (Phi) is 6.60. The largest absolute Gasteiger partial charge is 0.392 e. The third-order valence-electron chi connectivity index (χ3n) is 2.35. The molecule has 1 atom stereocenters. The first-order valence-electron chi connectivity index (χ1n) is 5.28. The molecule has 0 aromatic heterocycles. The molecule has 0 spiro atoms. The predicted octanol–water partition coefficient (Wildman–Crippen LogP) is 1.27. The summed E-state index contributed by atoms with van der Waals surface area (Å²) in [6.07, 6.45) is 5.77. The van der Waals surface area contributed by atoms with E-state index in [2.05, 4.69) is 6.92 Å². The van der Waals surface area contributed by atoms with E-state index in [1.807, 2.05) is 17.3 Å². The molecule has 1 rings (SSSR count). The van der Waals surface area contributed by atoms with Crippen LogP contribution in [0.25, 0.3) is 0 Å². The van der Waals surface area contributed by atoms with E-state index < -0.39 is 0 Å². The van der Waals surface area contributed by atoms with E-state index in [4.69, 9.17) is 9.84 Å². The number of aliphatic hydroxyl groups is 1. The fraction of sp³-hybridized carbons (Fsp3) is 0.800. The lowest BCUT2D eigenvalue weighted by atomic mass is 10.2. The Morgan fingerprint density at radius 3 is 3.14 bits per heavy atom. The molecule has 1 unspecified atom stereocenters. The van der Waals surface area contributed by atoms with Crippen molar-refractivity contribution >= 4 is 19.9 Å². The van der Waals surface area contributed by atoms with Gasteiger partial charge in [0.1, 0.15) is 8.67 Å². The molecule has 0 saturated carbocycles. The van der Waals surface area contributed by atoms with Gasteiger partial charge in [-0.3, -0.25) is 0 Å². The Hall–Kier alpha value is 0.227. The van der Waals surface area contributed by atoms with Crippen molar-refractivity contribution in [2.75, 3.05) is 19.0 Å². The van der Waals surface area contributed by atoms with Gasteiger partial charge in [-0.2, -0.15) is 11.2 Å². The molecule has 2 nitrogen and oxygen atoms in total. The summed E-state index contributed by atoms with van der Waals surface area (Å²) >= 11 is 2.04. The van der Waals surface area contributed by atoms with E-state index in [9.17, 15) is 0 Å². The van der Waals surface area contributed by atoms with Gasteiger partial charge in [-0.1, -0.05) is 11.6 Å². The molecule has 0 aliphatic carbocycles. The molecule has 1 aliphatic rings. The predicted molar refractivity (Wildman–Crippen MR) is 65.4 cm³/mol. The molecule has 1 N–H and O–H groups in total. The van der Waals surface area contributed by atoms with Gasteiger partial charge in [0, 0.05) is 12.4 Å². The number of ether oxygens (including phenoxy) is 1. The summed E-state index contributed by atoms with van der Waals surface area (Å²) in [6, 6.07) is 0. The van der Waals surface area contributed by atoms with Crippen LogP contribution in [-0.4, -0.2) is 38.5 Å². The molecule has 1 saturated heterocycles. The third-order valence-corrected chi connectivity index (χ3v) is 6.69. The molecular formula is C10H20O2SSi. The van der Waals surface area contributed by atoms with Crippen molar-refractivity contribution in [1.29, 1.82) is 0 Å². The standard InChI is InChI=1S/C10H20O2SSi/c1-9(5-6-11)8-13-14-10-4-2-3-7-12-10/h5,10-11H,2-4,6-8,14H2,1H3. The van der Waals surface area contributed by atoms with Gasteiger partial charge < -0.3 is 9.84 Å². The van der Waals surface area contributed by atoms with Crippen LogP contribution in [0.2, 0.25) is 0 Å². The Morgan fingerprint density at radius 2 is 2.50 bits per heavy atom. The molecule has 1 aliphatic heterocycles. The van der Waals surface area contributed by atoms with Crippen LogP contribution in [0.4, 0.5) is 0 Å². The fourth-order valence-electron chi connectivity index (χ4n) is 1.50. The Balaban J connectivity index is 2.05. The summed E-state index contributed by atoms with van der Waals surface area (Å²) in [7, 11) is -0.122. The lowest BCUT2D eigenvalue weighted by Crippen LogP contribution is -2.23. The number of hydrogen-bond donors (Lipinski definition) is 1. The van der Waals surface area contributed by atoms with Crippen molar-refractivity contribution in [3.05, 3.63) is 11.6 Å². The Labute approximate surface area is 92.6 Å². The van der Waals surface area contributed by atoms with Crippen LogP contribution in [0.15, 0.2) is 11.6 Å². The summed E-state index contributed by atoms with van der Waals surface area (Å²) in [5, 5.41) is 8.69. The van der Waals surface area contributed by atoms with Crippen LogP contribution in [0.5, 0.6) is 0 Å². The normalized spacial score (nSPS) is 24.7. The first kappa shape index (κ1) is 12.3. The van der Waals surface area contributed by atoms with Crippen LogP contribution < -0.4 is 0 Å². The molecule has 0 aromatic carbocycles. The smallest absolute Gasteiger partial charge is 0.118 e. The van der Waals surface area contributed by atoms with Crippen molar-refractivity contribution in [1.82, 2.24) is 0 Å². The van der Waals surface area contributed by atoms with Crippen molar-refractivity contribution in [2.24, 2.45) is 0 Å². The zero-order chi connectivity index (χ0) is 10.2. The van der Waals surface area contributed by atoms with Crippen LogP contribution in [0, 0.1) is 0 Å². The SMILES string of the molecule is CC(=CCO)CS[SiH2]C1CCCCO1. The van der Waals surface area contributed by atoms with Crippen LogP contribution in [0.3, 0.4) is 0 Å². The van der Waals surface area contributed by atoms with Crippen molar-refractivity contribution in [2.45, 2.75) is 31.9 Å². The monoisotopic (exact) mass is 232 g/mol. The minimum Gasteiger partial charge on any atom is -0.392 e. The molecule has 0 aromatic rings. The zero-order valence-corrected chi connectivity index (χ0v) is 11.1. The van der Waals surface area contributed by atoms with E-state index in [1.54, 1.807) is 0 Å². The lowest BCUT2D eigenvalue weighted by Gasteiger charge is -2.21. The van der Waals surface area contributed by atoms with Gasteiger partial charge in [0.15, 0.2) is 0 Å². The van der Waals surface area contributed by atoms with Crippen molar-refractivity contribution < 1.29 is 9.84 Å². The first-order chi connectivity index (χ1) is 6.83. The van der Waals surface area contributed by atoms with Crippen LogP contribution >= 0.6 is 11.2 Å². The number of hydrogen-bond acceptors (Lipinski definition) is 3. The molecule has 4 heteroatoms. The van der Waals surface area contributed by atoms with Gasteiger partial charge in [-0.25, -0.2) is 0 Å². The second-order valence-electron chi connectivity index (χ2n) is 3.74. The zero-order valence-electron chi connectivity index (χ0n) is 8.87. The number of rotatable bonds is 5. The fourth-order valence-corrected chi connectivity index (χ4v) is 5.94. The first-order valence-corrected chi connectivity index (χ1v) is 8.99. The van der Waals surface area contributed by atoms with Gasteiger partial charge >= 0.3 is 0 Å². The molecule has 1 heterocycles. The second kappa shape index (κ2) is 7.51. The third kappa shape index (κ3) is 5.19. The highest BCUT2D eigenvalue weighted by atomic mass is 32.4.